The number of hydrogen-bond acceptors (Lipinski definition) is 4. The maximum absolute atomic E-state index is 9.11. The fraction of sp³-hybridized carbons (Fsp3) is 0.500. The van der Waals surface area contributed by atoms with Crippen LogP contribution in [0.25, 0.3) is 0 Å². The molecule has 4 nitrogen and oxygen atoms in total. The van der Waals surface area contributed by atoms with E-state index in [-0.39, 0.29) is 19.3 Å². The second-order valence-corrected chi connectivity index (χ2v) is 3.96. The molecule has 3 N–H and O–H groups in total. The Morgan fingerprint density at radius 3 is 3.00 bits per heavy atom. The van der Waals surface area contributed by atoms with Crippen LogP contribution >= 0.6 is 0 Å². The second-order valence-electron chi connectivity index (χ2n) is 3.96. The Kier molecular flexibility index (Phi) is 3.64. The molecular weight excluding hydrogens is 206 g/mol. The number of anilines is 1. The van der Waals surface area contributed by atoms with E-state index in [0.29, 0.717) is 6.42 Å². The minimum atomic E-state index is -0.0922. The van der Waals surface area contributed by atoms with Gasteiger partial charge in [-0.2, -0.15) is 0 Å². The van der Waals surface area contributed by atoms with Gasteiger partial charge in [0.05, 0.1) is 19.3 Å². The van der Waals surface area contributed by atoms with Gasteiger partial charge in [-0.3, -0.25) is 0 Å². The Hall–Kier alpha value is -1.26. The molecule has 1 heterocycles. The fourth-order valence-corrected chi connectivity index (χ4v) is 1.88. The summed E-state index contributed by atoms with van der Waals surface area (Å²) in [5.41, 5.74) is 2.17. The highest BCUT2D eigenvalue weighted by molar-refractivity contribution is 5.52. The number of benzene rings is 1. The summed E-state index contributed by atoms with van der Waals surface area (Å²) < 4.78 is 5.42. The highest BCUT2D eigenvalue weighted by Gasteiger charge is 2.13. The summed E-state index contributed by atoms with van der Waals surface area (Å²) in [6, 6.07) is 5.83. The standard InChI is InChI=1S/C12H17NO3/c14-5-3-11(8-15)13-10-1-2-12-9(7-10)4-6-16-12/h1-2,7,11,13-15H,3-6,8H2. The first-order valence-electron chi connectivity index (χ1n) is 5.57. The van der Waals surface area contributed by atoms with Gasteiger partial charge in [0.15, 0.2) is 0 Å². The Balaban J connectivity index is 2.04. The molecule has 0 saturated carbocycles. The molecular formula is C12H17NO3. The number of nitrogens with one attached hydrogen (secondary N) is 1. The molecule has 0 amide bonds. The van der Waals surface area contributed by atoms with Crippen molar-refractivity contribution in [1.82, 2.24) is 0 Å². The molecule has 16 heavy (non-hydrogen) atoms. The average Bonchev–Trinajstić information content (AvgIpc) is 2.75. The summed E-state index contributed by atoms with van der Waals surface area (Å²) in [6.07, 6.45) is 1.48. The molecule has 1 unspecified atom stereocenters. The fourth-order valence-electron chi connectivity index (χ4n) is 1.88. The number of rotatable bonds is 5. The van der Waals surface area contributed by atoms with E-state index in [1.54, 1.807) is 0 Å². The smallest absolute Gasteiger partial charge is 0.122 e. The number of aliphatic hydroxyl groups excluding tert-OH is 2. The molecule has 1 aromatic rings. The van der Waals surface area contributed by atoms with Crippen molar-refractivity contribution < 1.29 is 14.9 Å². The molecule has 0 spiro atoms. The summed E-state index contributed by atoms with van der Waals surface area (Å²) in [5.74, 6) is 0.952. The minimum absolute atomic E-state index is 0.0220. The maximum Gasteiger partial charge on any atom is 0.122 e. The molecule has 0 aromatic heterocycles. The van der Waals surface area contributed by atoms with Gasteiger partial charge in [0.25, 0.3) is 0 Å². The van der Waals surface area contributed by atoms with E-state index in [1.807, 2.05) is 18.2 Å². The molecule has 4 heteroatoms. The Bertz CT molecular complexity index is 354. The summed E-state index contributed by atoms with van der Waals surface area (Å²) in [6.45, 7) is 0.847. The normalized spacial score (nSPS) is 15.4. The molecule has 0 aliphatic carbocycles. The van der Waals surface area contributed by atoms with E-state index in [9.17, 15) is 0 Å². The van der Waals surface area contributed by atoms with Crippen LogP contribution in [0.5, 0.6) is 5.75 Å². The molecule has 1 aromatic carbocycles. The van der Waals surface area contributed by atoms with Crippen LogP contribution in [0.3, 0.4) is 0 Å². The number of ether oxygens (including phenoxy) is 1. The van der Waals surface area contributed by atoms with Crippen LogP contribution in [0.1, 0.15) is 12.0 Å². The van der Waals surface area contributed by atoms with Crippen molar-refractivity contribution in [2.45, 2.75) is 18.9 Å². The van der Waals surface area contributed by atoms with Crippen LogP contribution in [-0.2, 0) is 6.42 Å². The molecule has 2 rings (SSSR count). The highest BCUT2D eigenvalue weighted by atomic mass is 16.5. The third-order valence-electron chi connectivity index (χ3n) is 2.76. The van der Waals surface area contributed by atoms with Crippen molar-refractivity contribution in [2.24, 2.45) is 0 Å². The van der Waals surface area contributed by atoms with Crippen molar-refractivity contribution >= 4 is 5.69 Å². The van der Waals surface area contributed by atoms with Gasteiger partial charge in [0.2, 0.25) is 0 Å². The van der Waals surface area contributed by atoms with Gasteiger partial charge in [-0.05, 0) is 30.2 Å². The molecule has 1 atom stereocenters. The number of hydrogen-bond donors (Lipinski definition) is 3. The first-order chi connectivity index (χ1) is 7.83. The van der Waals surface area contributed by atoms with Gasteiger partial charge >= 0.3 is 0 Å². The Labute approximate surface area is 94.9 Å². The van der Waals surface area contributed by atoms with Gasteiger partial charge in [-0.25, -0.2) is 0 Å². The van der Waals surface area contributed by atoms with Crippen LogP contribution in [0.15, 0.2) is 18.2 Å². The van der Waals surface area contributed by atoms with E-state index in [2.05, 4.69) is 5.32 Å². The van der Waals surface area contributed by atoms with E-state index < -0.39 is 0 Å². The highest BCUT2D eigenvalue weighted by Crippen LogP contribution is 2.28. The van der Waals surface area contributed by atoms with Crippen molar-refractivity contribution in [3.05, 3.63) is 23.8 Å². The first kappa shape index (κ1) is 11.2. The maximum atomic E-state index is 9.11. The van der Waals surface area contributed by atoms with E-state index in [4.69, 9.17) is 14.9 Å². The van der Waals surface area contributed by atoms with Crippen LogP contribution in [0.2, 0.25) is 0 Å². The number of aliphatic hydroxyl groups is 2. The van der Waals surface area contributed by atoms with Crippen LogP contribution in [-0.4, -0.2) is 36.1 Å². The van der Waals surface area contributed by atoms with Crippen LogP contribution in [0.4, 0.5) is 5.69 Å². The molecule has 0 saturated heterocycles. The zero-order chi connectivity index (χ0) is 11.4. The van der Waals surface area contributed by atoms with E-state index in [0.717, 1.165) is 24.5 Å². The van der Waals surface area contributed by atoms with Crippen molar-refractivity contribution in [3.63, 3.8) is 0 Å². The Morgan fingerprint density at radius 2 is 2.25 bits per heavy atom. The Morgan fingerprint density at radius 1 is 1.38 bits per heavy atom. The van der Waals surface area contributed by atoms with Crippen LogP contribution in [0, 0.1) is 0 Å². The zero-order valence-electron chi connectivity index (χ0n) is 9.15. The molecule has 0 fully saturated rings. The average molecular weight is 223 g/mol. The lowest BCUT2D eigenvalue weighted by molar-refractivity contribution is 0.229. The van der Waals surface area contributed by atoms with Crippen molar-refractivity contribution in [1.29, 1.82) is 0 Å². The quantitative estimate of drug-likeness (QED) is 0.690. The van der Waals surface area contributed by atoms with Crippen molar-refractivity contribution in [2.75, 3.05) is 25.1 Å². The summed E-state index contributed by atoms with van der Waals surface area (Å²) in [4.78, 5) is 0. The monoisotopic (exact) mass is 223 g/mol. The first-order valence-corrected chi connectivity index (χ1v) is 5.57. The van der Waals surface area contributed by atoms with Gasteiger partial charge in [0, 0.05) is 18.7 Å². The molecule has 1 aliphatic rings. The molecule has 0 bridgehead atoms. The van der Waals surface area contributed by atoms with Gasteiger partial charge in [-0.1, -0.05) is 0 Å². The van der Waals surface area contributed by atoms with Gasteiger partial charge in [-0.15, -0.1) is 0 Å². The number of fused-ring (bicyclic) bond motifs is 1. The predicted molar refractivity (Wildman–Crippen MR) is 61.8 cm³/mol. The van der Waals surface area contributed by atoms with E-state index >= 15 is 0 Å². The molecule has 0 radical (unpaired) electrons. The largest absolute Gasteiger partial charge is 0.493 e. The minimum Gasteiger partial charge on any atom is -0.493 e. The third kappa shape index (κ3) is 2.46. The SMILES string of the molecule is OCCC(CO)Nc1ccc2c(c1)CCO2. The molecule has 1 aliphatic heterocycles. The lowest BCUT2D eigenvalue weighted by Crippen LogP contribution is -2.24. The second kappa shape index (κ2) is 5.18. The van der Waals surface area contributed by atoms with Gasteiger partial charge in [0.1, 0.15) is 5.75 Å². The van der Waals surface area contributed by atoms with Crippen molar-refractivity contribution in [3.8, 4) is 5.75 Å². The summed E-state index contributed by atoms with van der Waals surface area (Å²) >= 11 is 0. The zero-order valence-corrected chi connectivity index (χ0v) is 9.15. The van der Waals surface area contributed by atoms with E-state index in [1.165, 1.54) is 5.56 Å². The third-order valence-corrected chi connectivity index (χ3v) is 2.76. The summed E-state index contributed by atoms with van der Waals surface area (Å²) in [7, 11) is 0. The lowest BCUT2D eigenvalue weighted by atomic mass is 10.1. The topological polar surface area (TPSA) is 61.7 Å². The lowest BCUT2D eigenvalue weighted by Gasteiger charge is -2.16. The predicted octanol–water partition coefficient (Wildman–Crippen LogP) is 0.777. The summed E-state index contributed by atoms with van der Waals surface area (Å²) in [5, 5.41) is 21.1. The van der Waals surface area contributed by atoms with Crippen LogP contribution < -0.4 is 10.1 Å². The van der Waals surface area contributed by atoms with Gasteiger partial charge < -0.3 is 20.3 Å². The molecule has 88 valence electrons.